The molecule has 0 bridgehead atoms. The summed E-state index contributed by atoms with van der Waals surface area (Å²) in [6.07, 6.45) is 1.56. The predicted octanol–water partition coefficient (Wildman–Crippen LogP) is 4.36. The number of hydrogen-bond acceptors (Lipinski definition) is 4. The molecule has 0 saturated carbocycles. The predicted molar refractivity (Wildman–Crippen MR) is 121 cm³/mol. The van der Waals surface area contributed by atoms with E-state index in [9.17, 15) is 4.79 Å². The van der Waals surface area contributed by atoms with Crippen molar-refractivity contribution in [2.24, 2.45) is 0 Å². The zero-order valence-electron chi connectivity index (χ0n) is 17.6. The van der Waals surface area contributed by atoms with E-state index in [2.05, 4.69) is 15.4 Å². The highest BCUT2D eigenvalue weighted by Crippen LogP contribution is 2.29. The largest absolute Gasteiger partial charge is 0.491 e. The number of carbonyl (C=O) groups is 1. The molecule has 0 aliphatic rings. The number of para-hydroxylation sites is 1. The van der Waals surface area contributed by atoms with Crippen LogP contribution in [0, 0.1) is 13.8 Å². The summed E-state index contributed by atoms with van der Waals surface area (Å²) in [5.74, 6) is 1.29. The molecule has 6 nitrogen and oxygen atoms in total. The Hall–Kier alpha value is -3.93. The van der Waals surface area contributed by atoms with Gasteiger partial charge in [0.25, 0.3) is 5.91 Å². The first-order valence-electron chi connectivity index (χ1n) is 10.2. The van der Waals surface area contributed by atoms with Gasteiger partial charge in [-0.2, -0.15) is 5.10 Å². The Labute approximate surface area is 181 Å². The lowest BCUT2D eigenvalue weighted by molar-refractivity contribution is 0.0946. The number of carbonyl (C=O) groups excluding carboxylic acids is 1. The second-order valence-corrected chi connectivity index (χ2v) is 7.21. The Bertz CT molecular complexity index is 1170. The molecule has 0 aliphatic carbocycles. The lowest BCUT2D eigenvalue weighted by atomic mass is 10.1. The van der Waals surface area contributed by atoms with E-state index in [1.165, 1.54) is 0 Å². The molecule has 6 heteroatoms. The van der Waals surface area contributed by atoms with E-state index < -0.39 is 0 Å². The van der Waals surface area contributed by atoms with E-state index in [0.717, 1.165) is 28.3 Å². The molecule has 4 rings (SSSR count). The molecule has 0 unspecified atom stereocenters. The molecule has 2 aromatic carbocycles. The van der Waals surface area contributed by atoms with Crippen LogP contribution < -0.4 is 10.1 Å². The first kappa shape index (κ1) is 20.3. The second kappa shape index (κ2) is 9.26. The third-order valence-corrected chi connectivity index (χ3v) is 4.85. The van der Waals surface area contributed by atoms with Gasteiger partial charge in [-0.25, -0.2) is 9.67 Å². The summed E-state index contributed by atoms with van der Waals surface area (Å²) in [6, 6.07) is 23.5. The number of amides is 1. The quantitative estimate of drug-likeness (QED) is 0.458. The standard InChI is InChI=1S/C25H24N4O2/c1-18-16-19(2)29(28-18)24-13-12-21(17-27-24)25(30)26-14-15-31-23-11-7-6-10-22(23)20-8-4-3-5-9-20/h3-13,16-17H,14-15H2,1-2H3,(H,26,30). The molecule has 2 aromatic heterocycles. The van der Waals surface area contributed by atoms with Crippen LogP contribution in [0.2, 0.25) is 0 Å². The summed E-state index contributed by atoms with van der Waals surface area (Å²) in [7, 11) is 0. The lowest BCUT2D eigenvalue weighted by Crippen LogP contribution is -2.28. The van der Waals surface area contributed by atoms with Crippen molar-refractivity contribution in [2.75, 3.05) is 13.2 Å². The van der Waals surface area contributed by atoms with Gasteiger partial charge in [0.2, 0.25) is 0 Å². The number of aryl methyl sites for hydroxylation is 2. The van der Waals surface area contributed by atoms with E-state index in [0.29, 0.717) is 24.5 Å². The smallest absolute Gasteiger partial charge is 0.252 e. The fourth-order valence-electron chi connectivity index (χ4n) is 3.38. The molecule has 0 fully saturated rings. The van der Waals surface area contributed by atoms with Gasteiger partial charge in [0.15, 0.2) is 5.82 Å². The number of nitrogens with zero attached hydrogens (tertiary/aromatic N) is 3. The Kier molecular flexibility index (Phi) is 6.08. The average Bonchev–Trinajstić information content (AvgIpc) is 3.15. The first-order valence-corrected chi connectivity index (χ1v) is 10.2. The molecule has 31 heavy (non-hydrogen) atoms. The topological polar surface area (TPSA) is 69.0 Å². The van der Waals surface area contributed by atoms with Crippen LogP contribution in [-0.2, 0) is 0 Å². The van der Waals surface area contributed by atoms with Crippen LogP contribution in [-0.4, -0.2) is 33.8 Å². The number of hydrogen-bond donors (Lipinski definition) is 1. The summed E-state index contributed by atoms with van der Waals surface area (Å²) in [4.78, 5) is 16.8. The molecule has 0 spiro atoms. The van der Waals surface area contributed by atoms with Crippen molar-refractivity contribution in [1.82, 2.24) is 20.1 Å². The van der Waals surface area contributed by atoms with Gasteiger partial charge >= 0.3 is 0 Å². The third-order valence-electron chi connectivity index (χ3n) is 4.85. The summed E-state index contributed by atoms with van der Waals surface area (Å²) in [5, 5.41) is 7.29. The van der Waals surface area contributed by atoms with Crippen LogP contribution in [0.4, 0.5) is 0 Å². The Morgan fingerprint density at radius 2 is 1.77 bits per heavy atom. The number of benzene rings is 2. The number of aromatic nitrogens is 3. The normalized spacial score (nSPS) is 10.6. The van der Waals surface area contributed by atoms with E-state index >= 15 is 0 Å². The van der Waals surface area contributed by atoms with Crippen molar-refractivity contribution < 1.29 is 9.53 Å². The molecular formula is C25H24N4O2. The number of nitrogens with one attached hydrogen (secondary N) is 1. The Balaban J connectivity index is 1.33. The summed E-state index contributed by atoms with van der Waals surface area (Å²) >= 11 is 0. The van der Waals surface area contributed by atoms with Gasteiger partial charge < -0.3 is 10.1 Å². The fourth-order valence-corrected chi connectivity index (χ4v) is 3.38. The molecule has 0 saturated heterocycles. The van der Waals surface area contributed by atoms with E-state index in [4.69, 9.17) is 4.74 Å². The lowest BCUT2D eigenvalue weighted by Gasteiger charge is -2.12. The molecule has 0 radical (unpaired) electrons. The minimum atomic E-state index is -0.188. The minimum absolute atomic E-state index is 0.188. The summed E-state index contributed by atoms with van der Waals surface area (Å²) in [6.45, 7) is 4.66. The zero-order chi connectivity index (χ0) is 21.6. The van der Waals surface area contributed by atoms with Gasteiger partial charge in [0, 0.05) is 17.5 Å². The van der Waals surface area contributed by atoms with E-state index in [1.54, 1.807) is 23.0 Å². The van der Waals surface area contributed by atoms with Gasteiger partial charge in [-0.15, -0.1) is 0 Å². The highest BCUT2D eigenvalue weighted by Gasteiger charge is 2.09. The van der Waals surface area contributed by atoms with Gasteiger partial charge in [0.1, 0.15) is 12.4 Å². The fraction of sp³-hybridized carbons (Fsp3) is 0.160. The maximum absolute atomic E-state index is 12.4. The van der Waals surface area contributed by atoms with Crippen molar-refractivity contribution in [3.63, 3.8) is 0 Å². The number of ether oxygens (including phenoxy) is 1. The molecule has 0 aliphatic heterocycles. The van der Waals surface area contributed by atoms with Crippen LogP contribution in [0.3, 0.4) is 0 Å². The first-order chi connectivity index (χ1) is 15.1. The van der Waals surface area contributed by atoms with Crippen LogP contribution >= 0.6 is 0 Å². The Morgan fingerprint density at radius 3 is 2.48 bits per heavy atom. The minimum Gasteiger partial charge on any atom is -0.491 e. The van der Waals surface area contributed by atoms with Crippen molar-refractivity contribution in [3.05, 3.63) is 95.9 Å². The van der Waals surface area contributed by atoms with Gasteiger partial charge in [0.05, 0.1) is 17.8 Å². The third kappa shape index (κ3) is 4.80. The van der Waals surface area contributed by atoms with Crippen molar-refractivity contribution >= 4 is 5.91 Å². The van der Waals surface area contributed by atoms with Gasteiger partial charge in [-0.05, 0) is 43.7 Å². The zero-order valence-corrected chi connectivity index (χ0v) is 17.6. The summed E-state index contributed by atoms with van der Waals surface area (Å²) in [5.41, 5.74) is 4.54. The van der Waals surface area contributed by atoms with Gasteiger partial charge in [-0.1, -0.05) is 48.5 Å². The Morgan fingerprint density at radius 1 is 1.00 bits per heavy atom. The van der Waals surface area contributed by atoms with Crippen LogP contribution in [0.5, 0.6) is 5.75 Å². The van der Waals surface area contributed by atoms with Crippen molar-refractivity contribution in [2.45, 2.75) is 13.8 Å². The van der Waals surface area contributed by atoms with E-state index in [1.807, 2.05) is 74.5 Å². The number of rotatable bonds is 7. The molecule has 156 valence electrons. The molecule has 4 aromatic rings. The molecular weight excluding hydrogens is 388 g/mol. The SMILES string of the molecule is Cc1cc(C)n(-c2ccc(C(=O)NCCOc3ccccc3-c3ccccc3)cn2)n1. The average molecular weight is 412 g/mol. The monoisotopic (exact) mass is 412 g/mol. The molecule has 1 amide bonds. The highest BCUT2D eigenvalue weighted by molar-refractivity contribution is 5.93. The number of pyridine rings is 1. The van der Waals surface area contributed by atoms with Gasteiger partial charge in [-0.3, -0.25) is 4.79 Å². The van der Waals surface area contributed by atoms with Crippen molar-refractivity contribution in [1.29, 1.82) is 0 Å². The summed E-state index contributed by atoms with van der Waals surface area (Å²) < 4.78 is 7.69. The second-order valence-electron chi connectivity index (χ2n) is 7.21. The highest BCUT2D eigenvalue weighted by atomic mass is 16.5. The molecule has 0 atom stereocenters. The van der Waals surface area contributed by atoms with E-state index in [-0.39, 0.29) is 5.91 Å². The van der Waals surface area contributed by atoms with Crippen molar-refractivity contribution in [3.8, 4) is 22.7 Å². The maximum Gasteiger partial charge on any atom is 0.252 e. The maximum atomic E-state index is 12.4. The van der Waals surface area contributed by atoms with Crippen LogP contribution in [0.1, 0.15) is 21.7 Å². The van der Waals surface area contributed by atoms with Crippen LogP contribution in [0.15, 0.2) is 79.0 Å². The molecule has 1 N–H and O–H groups in total. The van der Waals surface area contributed by atoms with Crippen LogP contribution in [0.25, 0.3) is 16.9 Å². The molecule has 2 heterocycles.